The molecule has 3 aromatic carbocycles. The van der Waals surface area contributed by atoms with E-state index < -0.39 is 29.9 Å². The minimum Gasteiger partial charge on any atom is -0.496 e. The summed E-state index contributed by atoms with van der Waals surface area (Å²) in [7, 11) is 3.15. The third-order valence-electron chi connectivity index (χ3n) is 7.30. The summed E-state index contributed by atoms with van der Waals surface area (Å²) in [6, 6.07) is 21.6. The van der Waals surface area contributed by atoms with Crippen LogP contribution in [-0.2, 0) is 27.5 Å². The Morgan fingerprint density at radius 2 is 1.59 bits per heavy atom. The number of amides is 2. The first kappa shape index (κ1) is 32.1. The fourth-order valence-electron chi connectivity index (χ4n) is 5.23. The van der Waals surface area contributed by atoms with Crippen LogP contribution in [0.3, 0.4) is 0 Å². The minimum absolute atomic E-state index is 0.143. The van der Waals surface area contributed by atoms with Crippen LogP contribution in [0.25, 0.3) is 10.9 Å². The molecule has 0 saturated carbocycles. The molecule has 0 aliphatic carbocycles. The van der Waals surface area contributed by atoms with E-state index in [0.717, 1.165) is 28.5 Å². The molecule has 0 aliphatic rings. The summed E-state index contributed by atoms with van der Waals surface area (Å²) in [6.45, 7) is 3.57. The Balaban J connectivity index is 1.60. The Morgan fingerprint density at radius 3 is 2.23 bits per heavy atom. The maximum atomic E-state index is 13.8. The van der Waals surface area contributed by atoms with Gasteiger partial charge in [-0.05, 0) is 48.7 Å². The number of aliphatic carboxylic acids is 1. The van der Waals surface area contributed by atoms with Crippen molar-refractivity contribution in [3.05, 3.63) is 95.2 Å². The summed E-state index contributed by atoms with van der Waals surface area (Å²) in [4.78, 5) is 38.9. The SMILES string of the molecule is CCCC(NC(=O)[C@@H](CNC(=O)c1cc2ccccc2n1CC(=O)O)OCc1ccccc1)c1c(OC)cc(C)cc1OC. The highest BCUT2D eigenvalue weighted by atomic mass is 16.5. The lowest BCUT2D eigenvalue weighted by Gasteiger charge is -2.26. The average Bonchev–Trinajstić information content (AvgIpc) is 3.38. The molecule has 232 valence electrons. The van der Waals surface area contributed by atoms with Gasteiger partial charge in [0.1, 0.15) is 23.7 Å². The number of fused-ring (bicyclic) bond motifs is 1. The summed E-state index contributed by atoms with van der Waals surface area (Å²) in [5.41, 5.74) is 3.34. The van der Waals surface area contributed by atoms with Gasteiger partial charge in [0.15, 0.2) is 6.10 Å². The maximum absolute atomic E-state index is 13.8. The Bertz CT molecular complexity index is 1570. The number of aromatic nitrogens is 1. The first-order valence-electron chi connectivity index (χ1n) is 14.5. The second-order valence-electron chi connectivity index (χ2n) is 10.5. The fraction of sp³-hybridized carbons (Fsp3) is 0.324. The number of benzene rings is 3. The number of nitrogens with one attached hydrogen (secondary N) is 2. The second kappa shape index (κ2) is 15.1. The molecule has 1 aromatic heterocycles. The van der Waals surface area contributed by atoms with Gasteiger partial charge < -0.3 is 34.5 Å². The number of carbonyl (C=O) groups excluding carboxylic acids is 2. The zero-order chi connectivity index (χ0) is 31.6. The Hall–Kier alpha value is -4.83. The Morgan fingerprint density at radius 1 is 0.932 bits per heavy atom. The number of ether oxygens (including phenoxy) is 3. The number of methoxy groups -OCH3 is 2. The van der Waals surface area contributed by atoms with Crippen molar-refractivity contribution in [2.75, 3.05) is 20.8 Å². The Kier molecular flexibility index (Phi) is 11.0. The number of nitrogens with zero attached hydrogens (tertiary/aromatic N) is 1. The predicted molar refractivity (Wildman–Crippen MR) is 167 cm³/mol. The number of rotatable bonds is 15. The molecular weight excluding hydrogens is 562 g/mol. The molecule has 0 spiro atoms. The van der Waals surface area contributed by atoms with Gasteiger partial charge in [0.2, 0.25) is 0 Å². The third-order valence-corrected chi connectivity index (χ3v) is 7.30. The first-order chi connectivity index (χ1) is 21.2. The molecule has 4 rings (SSSR count). The van der Waals surface area contributed by atoms with Gasteiger partial charge in [-0.2, -0.15) is 0 Å². The van der Waals surface area contributed by atoms with Crippen LogP contribution in [0.4, 0.5) is 0 Å². The number of para-hydroxylation sites is 1. The van der Waals surface area contributed by atoms with E-state index >= 15 is 0 Å². The highest BCUT2D eigenvalue weighted by molar-refractivity contribution is 5.99. The van der Waals surface area contributed by atoms with Crippen LogP contribution in [0.5, 0.6) is 11.5 Å². The predicted octanol–water partition coefficient (Wildman–Crippen LogP) is 5.02. The van der Waals surface area contributed by atoms with E-state index in [1.807, 2.05) is 68.4 Å². The van der Waals surface area contributed by atoms with Crippen LogP contribution >= 0.6 is 0 Å². The van der Waals surface area contributed by atoms with Crippen LogP contribution < -0.4 is 20.1 Å². The van der Waals surface area contributed by atoms with E-state index in [1.54, 1.807) is 32.4 Å². The van der Waals surface area contributed by atoms with Crippen LogP contribution in [0.1, 0.15) is 53.0 Å². The molecule has 0 saturated heterocycles. The standard InChI is InChI=1S/C34H39N3O7/c1-5-11-25(32-28(42-3)16-22(2)17-29(32)43-4)36-34(41)30(44-21-23-12-7-6-8-13-23)19-35-33(40)27-18-24-14-9-10-15-26(24)37(27)20-31(38)39/h6-10,12-18,25,30H,5,11,19-21H2,1-4H3,(H,35,40)(H,36,41)(H,38,39)/t25?,30-/m1/s1. The van der Waals surface area contributed by atoms with Crippen molar-refractivity contribution in [2.24, 2.45) is 0 Å². The molecule has 10 heteroatoms. The number of carboxylic acids is 1. The minimum atomic E-state index is -1.08. The normalized spacial score (nSPS) is 12.4. The van der Waals surface area contributed by atoms with E-state index in [4.69, 9.17) is 14.2 Å². The summed E-state index contributed by atoms with van der Waals surface area (Å²) in [5, 5.41) is 16.1. The monoisotopic (exact) mass is 601 g/mol. The van der Waals surface area contributed by atoms with Crippen LogP contribution in [0.15, 0.2) is 72.8 Å². The summed E-state index contributed by atoms with van der Waals surface area (Å²) >= 11 is 0. The molecular formula is C34H39N3O7. The molecule has 3 N–H and O–H groups in total. The average molecular weight is 602 g/mol. The fourth-order valence-corrected chi connectivity index (χ4v) is 5.23. The molecule has 0 fully saturated rings. The van der Waals surface area contributed by atoms with Gasteiger partial charge >= 0.3 is 5.97 Å². The highest BCUT2D eigenvalue weighted by Gasteiger charge is 2.28. The lowest BCUT2D eigenvalue weighted by molar-refractivity contribution is -0.137. The van der Waals surface area contributed by atoms with Gasteiger partial charge in [-0.1, -0.05) is 61.9 Å². The Labute approximate surface area is 256 Å². The zero-order valence-electron chi connectivity index (χ0n) is 25.5. The maximum Gasteiger partial charge on any atom is 0.323 e. The van der Waals surface area contributed by atoms with E-state index in [0.29, 0.717) is 23.4 Å². The third kappa shape index (κ3) is 7.76. The van der Waals surface area contributed by atoms with E-state index in [-0.39, 0.29) is 25.4 Å². The highest BCUT2D eigenvalue weighted by Crippen LogP contribution is 2.37. The molecule has 1 heterocycles. The molecule has 0 radical (unpaired) electrons. The molecule has 2 amide bonds. The summed E-state index contributed by atoms with van der Waals surface area (Å²) in [6.07, 6.45) is 0.318. The molecule has 2 atom stereocenters. The lowest BCUT2D eigenvalue weighted by Crippen LogP contribution is -2.45. The van der Waals surface area contributed by atoms with Crippen LogP contribution in [-0.4, -0.2) is 54.3 Å². The van der Waals surface area contributed by atoms with Crippen molar-refractivity contribution in [2.45, 2.75) is 52.0 Å². The van der Waals surface area contributed by atoms with E-state index in [2.05, 4.69) is 10.6 Å². The number of aryl methyl sites for hydroxylation is 1. The van der Waals surface area contributed by atoms with Crippen LogP contribution in [0.2, 0.25) is 0 Å². The number of hydrogen-bond donors (Lipinski definition) is 3. The van der Waals surface area contributed by atoms with Crippen molar-refractivity contribution in [1.29, 1.82) is 0 Å². The van der Waals surface area contributed by atoms with Crippen molar-refractivity contribution >= 4 is 28.7 Å². The molecule has 0 bridgehead atoms. The molecule has 10 nitrogen and oxygen atoms in total. The quantitative estimate of drug-likeness (QED) is 0.175. The van der Waals surface area contributed by atoms with Gasteiger partial charge in [0.05, 0.1) is 39.0 Å². The number of carboxylic acid groups (broad SMARTS) is 1. The van der Waals surface area contributed by atoms with Gasteiger partial charge in [0, 0.05) is 10.9 Å². The summed E-state index contributed by atoms with van der Waals surface area (Å²) in [5.74, 6) is -0.817. The van der Waals surface area contributed by atoms with Gasteiger partial charge in [-0.15, -0.1) is 0 Å². The molecule has 1 unspecified atom stereocenters. The topological polar surface area (TPSA) is 128 Å². The zero-order valence-corrected chi connectivity index (χ0v) is 25.5. The number of hydrogen-bond acceptors (Lipinski definition) is 6. The van der Waals surface area contributed by atoms with E-state index in [9.17, 15) is 19.5 Å². The largest absolute Gasteiger partial charge is 0.496 e. The summed E-state index contributed by atoms with van der Waals surface area (Å²) < 4.78 is 18.9. The van der Waals surface area contributed by atoms with Crippen LogP contribution in [0, 0.1) is 6.92 Å². The van der Waals surface area contributed by atoms with Crippen molar-refractivity contribution in [3.8, 4) is 11.5 Å². The van der Waals surface area contributed by atoms with E-state index in [1.165, 1.54) is 4.57 Å². The van der Waals surface area contributed by atoms with Gasteiger partial charge in [-0.3, -0.25) is 14.4 Å². The lowest BCUT2D eigenvalue weighted by atomic mass is 9.98. The second-order valence-corrected chi connectivity index (χ2v) is 10.5. The molecule has 44 heavy (non-hydrogen) atoms. The number of carbonyl (C=O) groups is 3. The van der Waals surface area contributed by atoms with Crippen molar-refractivity contribution in [1.82, 2.24) is 15.2 Å². The smallest absolute Gasteiger partial charge is 0.323 e. The van der Waals surface area contributed by atoms with Gasteiger partial charge in [0.25, 0.3) is 11.8 Å². The molecule has 0 aliphatic heterocycles. The van der Waals surface area contributed by atoms with Crippen molar-refractivity contribution in [3.63, 3.8) is 0 Å². The first-order valence-corrected chi connectivity index (χ1v) is 14.5. The van der Waals surface area contributed by atoms with Gasteiger partial charge in [-0.25, -0.2) is 0 Å². The van der Waals surface area contributed by atoms with Crippen molar-refractivity contribution < 1.29 is 33.7 Å². The molecule has 4 aromatic rings.